The van der Waals surface area contributed by atoms with E-state index in [0.29, 0.717) is 12.8 Å². The molecule has 3 nitrogen and oxygen atoms in total. The van der Waals surface area contributed by atoms with Crippen LogP contribution in [0.2, 0.25) is 0 Å². The molecule has 0 saturated heterocycles. The summed E-state index contributed by atoms with van der Waals surface area (Å²) in [6, 6.07) is 5.80. The summed E-state index contributed by atoms with van der Waals surface area (Å²) in [5.41, 5.74) is 2.64. The zero-order valence-electron chi connectivity index (χ0n) is 12.3. The molecule has 1 rings (SSSR count). The molecule has 0 spiro atoms. The minimum atomic E-state index is 0.0364. The molecule has 0 fully saturated rings. The number of aliphatic hydroxyl groups is 1. The first-order valence-corrected chi connectivity index (χ1v) is 7.17. The van der Waals surface area contributed by atoms with Gasteiger partial charge in [0.05, 0.1) is 12.3 Å². The molecule has 0 aromatic heterocycles. The zero-order chi connectivity index (χ0) is 14.8. The fraction of sp³-hybridized carbons (Fsp3) is 0.471. The Hall–Kier alpha value is -1.79. The Morgan fingerprint density at radius 2 is 2.15 bits per heavy atom. The number of hydrogen-bond donors (Lipinski definition) is 2. The van der Waals surface area contributed by atoms with Gasteiger partial charge in [0.1, 0.15) is 0 Å². The molecule has 0 aliphatic carbocycles. The third-order valence-electron chi connectivity index (χ3n) is 2.92. The normalized spacial score (nSPS) is 9.75. The minimum Gasteiger partial charge on any atom is -0.395 e. The number of hydrogen-bond acceptors (Lipinski definition) is 2. The molecular formula is C17H23NO2. The van der Waals surface area contributed by atoms with Gasteiger partial charge in [-0.1, -0.05) is 37.7 Å². The van der Waals surface area contributed by atoms with Crippen LogP contribution in [-0.4, -0.2) is 17.6 Å². The Balaban J connectivity index is 2.74. The maximum absolute atomic E-state index is 11.9. The summed E-state index contributed by atoms with van der Waals surface area (Å²) < 4.78 is 0. The van der Waals surface area contributed by atoms with Gasteiger partial charge in [-0.2, -0.15) is 0 Å². The van der Waals surface area contributed by atoms with Crippen molar-refractivity contribution in [2.24, 2.45) is 0 Å². The summed E-state index contributed by atoms with van der Waals surface area (Å²) in [5.74, 6) is 5.91. The van der Waals surface area contributed by atoms with Crippen molar-refractivity contribution in [3.8, 4) is 11.8 Å². The molecule has 0 bridgehead atoms. The number of nitrogens with one attached hydrogen (secondary N) is 1. The zero-order valence-corrected chi connectivity index (χ0v) is 12.3. The third-order valence-corrected chi connectivity index (χ3v) is 2.92. The summed E-state index contributed by atoms with van der Waals surface area (Å²) in [5, 5.41) is 11.7. The van der Waals surface area contributed by atoms with Gasteiger partial charge in [0.25, 0.3) is 0 Å². The second kappa shape index (κ2) is 9.17. The van der Waals surface area contributed by atoms with Crippen LogP contribution in [0.5, 0.6) is 0 Å². The van der Waals surface area contributed by atoms with Gasteiger partial charge < -0.3 is 10.4 Å². The van der Waals surface area contributed by atoms with Gasteiger partial charge in [0.2, 0.25) is 5.91 Å². The van der Waals surface area contributed by atoms with E-state index in [-0.39, 0.29) is 12.5 Å². The highest BCUT2D eigenvalue weighted by Crippen LogP contribution is 2.17. The van der Waals surface area contributed by atoms with E-state index in [9.17, 15) is 4.79 Å². The number of amides is 1. The van der Waals surface area contributed by atoms with Gasteiger partial charge in [-0.25, -0.2) is 0 Å². The number of anilines is 1. The summed E-state index contributed by atoms with van der Waals surface area (Å²) in [4.78, 5) is 11.9. The second-order valence-corrected chi connectivity index (χ2v) is 4.83. The van der Waals surface area contributed by atoms with Gasteiger partial charge in [0, 0.05) is 18.4 Å². The smallest absolute Gasteiger partial charge is 0.224 e. The first-order valence-electron chi connectivity index (χ1n) is 7.17. The molecular weight excluding hydrogens is 250 g/mol. The maximum atomic E-state index is 11.9. The van der Waals surface area contributed by atoms with Crippen molar-refractivity contribution < 1.29 is 9.90 Å². The van der Waals surface area contributed by atoms with E-state index in [4.69, 9.17) is 5.11 Å². The monoisotopic (exact) mass is 273 g/mol. The van der Waals surface area contributed by atoms with Crippen LogP contribution in [0, 0.1) is 18.8 Å². The van der Waals surface area contributed by atoms with Crippen LogP contribution < -0.4 is 5.32 Å². The lowest BCUT2D eigenvalue weighted by Crippen LogP contribution is -2.12. The molecule has 1 aromatic carbocycles. The number of rotatable bonds is 6. The van der Waals surface area contributed by atoms with Gasteiger partial charge >= 0.3 is 0 Å². The lowest BCUT2D eigenvalue weighted by Gasteiger charge is -2.08. The van der Waals surface area contributed by atoms with Crippen molar-refractivity contribution in [2.45, 2.75) is 46.0 Å². The molecule has 0 aliphatic heterocycles. The highest BCUT2D eigenvalue weighted by Gasteiger charge is 2.06. The summed E-state index contributed by atoms with van der Waals surface area (Å²) >= 11 is 0. The maximum Gasteiger partial charge on any atom is 0.224 e. The molecule has 0 saturated carbocycles. The first kappa shape index (κ1) is 16.3. The van der Waals surface area contributed by atoms with E-state index in [1.165, 1.54) is 0 Å². The van der Waals surface area contributed by atoms with E-state index in [1.807, 2.05) is 25.1 Å². The van der Waals surface area contributed by atoms with Gasteiger partial charge in [-0.05, 0) is 31.0 Å². The Morgan fingerprint density at radius 3 is 2.85 bits per heavy atom. The predicted molar refractivity (Wildman–Crippen MR) is 82.5 cm³/mol. The SMILES string of the molecule is CCCCCC(=O)Nc1cc(C)ccc1C#CCCO. The molecule has 0 atom stereocenters. The van der Waals surface area contributed by atoms with Crippen molar-refractivity contribution in [1.29, 1.82) is 0 Å². The number of aliphatic hydroxyl groups excluding tert-OH is 1. The van der Waals surface area contributed by atoms with Crippen molar-refractivity contribution in [1.82, 2.24) is 0 Å². The van der Waals surface area contributed by atoms with Crippen LogP contribution in [0.4, 0.5) is 5.69 Å². The van der Waals surface area contributed by atoms with E-state index in [1.54, 1.807) is 0 Å². The number of benzene rings is 1. The Morgan fingerprint density at radius 1 is 1.35 bits per heavy atom. The largest absolute Gasteiger partial charge is 0.395 e. The van der Waals surface area contributed by atoms with E-state index < -0.39 is 0 Å². The molecule has 1 amide bonds. The molecule has 1 aromatic rings. The van der Waals surface area contributed by atoms with Crippen molar-refractivity contribution in [3.05, 3.63) is 29.3 Å². The molecule has 108 valence electrons. The molecule has 2 N–H and O–H groups in total. The quantitative estimate of drug-likeness (QED) is 0.617. The lowest BCUT2D eigenvalue weighted by molar-refractivity contribution is -0.116. The summed E-state index contributed by atoms with van der Waals surface area (Å²) in [6.45, 7) is 4.16. The second-order valence-electron chi connectivity index (χ2n) is 4.83. The van der Waals surface area contributed by atoms with E-state index in [2.05, 4.69) is 24.1 Å². The Bertz CT molecular complexity index is 497. The highest BCUT2D eigenvalue weighted by atomic mass is 16.2. The number of unbranched alkanes of at least 4 members (excludes halogenated alkanes) is 2. The van der Waals surface area contributed by atoms with Crippen LogP contribution in [0.1, 0.15) is 50.2 Å². The van der Waals surface area contributed by atoms with Gasteiger partial charge in [-0.3, -0.25) is 4.79 Å². The van der Waals surface area contributed by atoms with Crippen LogP contribution >= 0.6 is 0 Å². The standard InChI is InChI=1S/C17H23NO2/c1-3-4-5-9-17(20)18-16-13-14(2)10-11-15(16)8-6-7-12-19/h10-11,13,19H,3-5,7,9,12H2,1-2H3,(H,18,20). The van der Waals surface area contributed by atoms with E-state index >= 15 is 0 Å². The predicted octanol–water partition coefficient (Wildman–Crippen LogP) is 3.25. The average molecular weight is 273 g/mol. The molecule has 0 unspecified atom stereocenters. The molecule has 0 heterocycles. The fourth-order valence-electron chi connectivity index (χ4n) is 1.83. The highest BCUT2D eigenvalue weighted by molar-refractivity contribution is 5.92. The Kier molecular flexibility index (Phi) is 7.46. The molecule has 0 aliphatic rings. The Labute approximate surface area is 121 Å². The van der Waals surface area contributed by atoms with Gasteiger partial charge in [-0.15, -0.1) is 0 Å². The van der Waals surface area contributed by atoms with Crippen molar-refractivity contribution in [3.63, 3.8) is 0 Å². The van der Waals surface area contributed by atoms with Crippen molar-refractivity contribution >= 4 is 11.6 Å². The molecule has 3 heteroatoms. The number of carbonyl (C=O) groups excluding carboxylic acids is 1. The van der Waals surface area contributed by atoms with Gasteiger partial charge in [0.15, 0.2) is 0 Å². The first-order chi connectivity index (χ1) is 9.67. The van der Waals surface area contributed by atoms with E-state index in [0.717, 1.165) is 36.1 Å². The third kappa shape index (κ3) is 5.90. The van der Waals surface area contributed by atoms with Crippen molar-refractivity contribution in [2.75, 3.05) is 11.9 Å². The minimum absolute atomic E-state index is 0.0364. The van der Waals surface area contributed by atoms with Crippen LogP contribution in [-0.2, 0) is 4.79 Å². The summed E-state index contributed by atoms with van der Waals surface area (Å²) in [6.07, 6.45) is 4.09. The topological polar surface area (TPSA) is 49.3 Å². The van der Waals surface area contributed by atoms with Crippen LogP contribution in [0.3, 0.4) is 0 Å². The number of carbonyl (C=O) groups is 1. The van der Waals surface area contributed by atoms with Crippen LogP contribution in [0.15, 0.2) is 18.2 Å². The average Bonchev–Trinajstić information content (AvgIpc) is 2.42. The molecule has 0 radical (unpaired) electrons. The summed E-state index contributed by atoms with van der Waals surface area (Å²) in [7, 11) is 0. The fourth-order valence-corrected chi connectivity index (χ4v) is 1.83. The molecule has 20 heavy (non-hydrogen) atoms. The number of aryl methyl sites for hydroxylation is 1. The lowest BCUT2D eigenvalue weighted by atomic mass is 10.1. The van der Waals surface area contributed by atoms with Crippen LogP contribution in [0.25, 0.3) is 0 Å².